The fraction of sp³-hybridized carbons (Fsp3) is 0.889. The molecular formula is C9H21ClN2OS. The van der Waals surface area contributed by atoms with Crippen LogP contribution in [0.4, 0.5) is 0 Å². The van der Waals surface area contributed by atoms with Crippen LogP contribution in [0.1, 0.15) is 26.7 Å². The minimum atomic E-state index is -0.334. The van der Waals surface area contributed by atoms with Gasteiger partial charge in [-0.2, -0.15) is 11.8 Å². The van der Waals surface area contributed by atoms with Crippen LogP contribution in [0.5, 0.6) is 0 Å². The summed E-state index contributed by atoms with van der Waals surface area (Å²) >= 11 is 1.74. The van der Waals surface area contributed by atoms with Crippen molar-refractivity contribution in [3.05, 3.63) is 0 Å². The van der Waals surface area contributed by atoms with Crippen molar-refractivity contribution >= 4 is 30.1 Å². The number of nitrogens with one attached hydrogen (secondary N) is 1. The summed E-state index contributed by atoms with van der Waals surface area (Å²) in [7, 11) is 0. The van der Waals surface area contributed by atoms with E-state index >= 15 is 0 Å². The molecule has 0 heterocycles. The monoisotopic (exact) mass is 240 g/mol. The van der Waals surface area contributed by atoms with Gasteiger partial charge < -0.3 is 11.1 Å². The highest BCUT2D eigenvalue weighted by Gasteiger charge is 2.12. The Morgan fingerprint density at radius 2 is 2.14 bits per heavy atom. The molecular weight excluding hydrogens is 220 g/mol. The van der Waals surface area contributed by atoms with E-state index < -0.39 is 0 Å². The van der Waals surface area contributed by atoms with Gasteiger partial charge >= 0.3 is 0 Å². The van der Waals surface area contributed by atoms with Gasteiger partial charge in [0.25, 0.3) is 0 Å². The van der Waals surface area contributed by atoms with E-state index in [4.69, 9.17) is 5.73 Å². The van der Waals surface area contributed by atoms with Gasteiger partial charge in [0.2, 0.25) is 5.91 Å². The second-order valence-corrected chi connectivity index (χ2v) is 4.46. The number of rotatable bonds is 6. The number of amides is 1. The van der Waals surface area contributed by atoms with Crippen molar-refractivity contribution in [1.29, 1.82) is 0 Å². The first-order valence-electron chi connectivity index (χ1n) is 4.67. The van der Waals surface area contributed by atoms with Crippen LogP contribution in [0.2, 0.25) is 0 Å². The van der Waals surface area contributed by atoms with Gasteiger partial charge in [-0.3, -0.25) is 4.79 Å². The standard InChI is InChI=1S/C9H20N2OS.ClH/c1-4-5-8(10)9(12)11-6-7(2)13-3;/h7-8H,4-6,10H2,1-3H3,(H,11,12);1H. The zero-order valence-electron chi connectivity index (χ0n) is 9.08. The van der Waals surface area contributed by atoms with Crippen LogP contribution < -0.4 is 11.1 Å². The van der Waals surface area contributed by atoms with E-state index in [2.05, 4.69) is 12.2 Å². The Morgan fingerprint density at radius 1 is 1.57 bits per heavy atom. The highest BCUT2D eigenvalue weighted by Crippen LogP contribution is 2.02. The highest BCUT2D eigenvalue weighted by atomic mass is 35.5. The molecule has 0 aliphatic rings. The Hall–Kier alpha value is 0.0700. The summed E-state index contributed by atoms with van der Waals surface area (Å²) in [5, 5.41) is 3.29. The van der Waals surface area contributed by atoms with Gasteiger partial charge in [-0.15, -0.1) is 12.4 Å². The van der Waals surface area contributed by atoms with Gasteiger partial charge in [0.05, 0.1) is 6.04 Å². The van der Waals surface area contributed by atoms with Crippen molar-refractivity contribution in [2.75, 3.05) is 12.8 Å². The van der Waals surface area contributed by atoms with E-state index in [1.54, 1.807) is 11.8 Å². The third kappa shape index (κ3) is 7.47. The first-order valence-corrected chi connectivity index (χ1v) is 5.96. The molecule has 86 valence electrons. The predicted molar refractivity (Wildman–Crippen MR) is 66.1 cm³/mol. The lowest BCUT2D eigenvalue weighted by atomic mass is 10.2. The van der Waals surface area contributed by atoms with E-state index in [0.29, 0.717) is 11.8 Å². The fourth-order valence-electron chi connectivity index (χ4n) is 0.901. The number of hydrogen-bond donors (Lipinski definition) is 2. The zero-order chi connectivity index (χ0) is 10.3. The average Bonchev–Trinajstić information content (AvgIpc) is 2.13. The van der Waals surface area contributed by atoms with E-state index in [1.807, 2.05) is 13.2 Å². The Morgan fingerprint density at radius 3 is 2.57 bits per heavy atom. The molecule has 0 saturated carbocycles. The molecule has 0 aliphatic carbocycles. The molecule has 2 unspecified atom stereocenters. The Kier molecular flexibility index (Phi) is 11.3. The number of carbonyl (C=O) groups is 1. The van der Waals surface area contributed by atoms with E-state index in [0.717, 1.165) is 12.8 Å². The molecule has 3 N–H and O–H groups in total. The molecule has 14 heavy (non-hydrogen) atoms. The zero-order valence-corrected chi connectivity index (χ0v) is 10.7. The molecule has 0 fully saturated rings. The lowest BCUT2D eigenvalue weighted by molar-refractivity contribution is -0.122. The number of carbonyl (C=O) groups excluding carboxylic acids is 1. The molecule has 0 rings (SSSR count). The molecule has 1 amide bonds. The number of thioether (sulfide) groups is 1. The SMILES string of the molecule is CCCC(N)C(=O)NCC(C)SC.Cl. The predicted octanol–water partition coefficient (Wildman–Crippen LogP) is 1.40. The van der Waals surface area contributed by atoms with Crippen molar-refractivity contribution in [3.8, 4) is 0 Å². The quantitative estimate of drug-likeness (QED) is 0.738. The van der Waals surface area contributed by atoms with Gasteiger partial charge in [-0.1, -0.05) is 20.3 Å². The fourth-order valence-corrected chi connectivity index (χ4v) is 1.15. The van der Waals surface area contributed by atoms with Gasteiger partial charge in [-0.05, 0) is 12.7 Å². The van der Waals surface area contributed by atoms with Crippen LogP contribution in [0.25, 0.3) is 0 Å². The number of halogens is 1. The van der Waals surface area contributed by atoms with Crippen molar-refractivity contribution in [2.24, 2.45) is 5.73 Å². The maximum absolute atomic E-state index is 11.3. The van der Waals surface area contributed by atoms with Crippen LogP contribution in [0, 0.1) is 0 Å². The molecule has 2 atom stereocenters. The van der Waals surface area contributed by atoms with E-state index in [9.17, 15) is 4.79 Å². The molecule has 0 aromatic heterocycles. The number of nitrogens with two attached hydrogens (primary N) is 1. The molecule has 0 radical (unpaired) electrons. The van der Waals surface area contributed by atoms with Gasteiger partial charge in [0, 0.05) is 11.8 Å². The third-order valence-electron chi connectivity index (χ3n) is 1.90. The van der Waals surface area contributed by atoms with E-state index in [1.165, 1.54) is 0 Å². The Labute approximate surface area is 97.0 Å². The summed E-state index contributed by atoms with van der Waals surface area (Å²) in [4.78, 5) is 11.3. The van der Waals surface area contributed by atoms with Crippen LogP contribution in [0.3, 0.4) is 0 Å². The normalized spacial score (nSPS) is 14.0. The molecule has 5 heteroatoms. The first kappa shape index (κ1) is 16.5. The topological polar surface area (TPSA) is 55.1 Å². The molecule has 0 aromatic carbocycles. The second kappa shape index (κ2) is 9.62. The number of hydrogen-bond acceptors (Lipinski definition) is 3. The maximum Gasteiger partial charge on any atom is 0.236 e. The van der Waals surface area contributed by atoms with Crippen molar-refractivity contribution in [2.45, 2.75) is 38.0 Å². The highest BCUT2D eigenvalue weighted by molar-refractivity contribution is 7.99. The van der Waals surface area contributed by atoms with Gasteiger partial charge in [0.1, 0.15) is 0 Å². The van der Waals surface area contributed by atoms with Crippen LogP contribution >= 0.6 is 24.2 Å². The first-order chi connectivity index (χ1) is 6.11. The largest absolute Gasteiger partial charge is 0.354 e. The summed E-state index contributed by atoms with van der Waals surface area (Å²) in [6, 6.07) is -0.334. The van der Waals surface area contributed by atoms with Crippen LogP contribution in [-0.4, -0.2) is 30.0 Å². The summed E-state index contributed by atoms with van der Waals surface area (Å²) in [6.45, 7) is 4.81. The van der Waals surface area contributed by atoms with Crippen molar-refractivity contribution in [3.63, 3.8) is 0 Å². The Balaban J connectivity index is 0. The van der Waals surface area contributed by atoms with Crippen LogP contribution in [0.15, 0.2) is 0 Å². The smallest absolute Gasteiger partial charge is 0.236 e. The van der Waals surface area contributed by atoms with Gasteiger partial charge in [-0.25, -0.2) is 0 Å². The summed E-state index contributed by atoms with van der Waals surface area (Å²) in [6.07, 6.45) is 3.74. The van der Waals surface area contributed by atoms with Crippen LogP contribution in [-0.2, 0) is 4.79 Å². The summed E-state index contributed by atoms with van der Waals surface area (Å²) in [5.74, 6) is -0.0252. The Bertz CT molecular complexity index is 158. The molecule has 0 bridgehead atoms. The maximum atomic E-state index is 11.3. The van der Waals surface area contributed by atoms with Crippen molar-refractivity contribution < 1.29 is 4.79 Å². The molecule has 0 aliphatic heterocycles. The van der Waals surface area contributed by atoms with Gasteiger partial charge in [0.15, 0.2) is 0 Å². The second-order valence-electron chi connectivity index (χ2n) is 3.19. The third-order valence-corrected chi connectivity index (χ3v) is 2.87. The molecule has 0 saturated heterocycles. The summed E-state index contributed by atoms with van der Waals surface area (Å²) in [5.41, 5.74) is 5.64. The lowest BCUT2D eigenvalue weighted by Gasteiger charge is -2.13. The average molecular weight is 241 g/mol. The minimum Gasteiger partial charge on any atom is -0.354 e. The van der Waals surface area contributed by atoms with Crippen molar-refractivity contribution in [1.82, 2.24) is 5.32 Å². The molecule has 0 aromatic rings. The summed E-state index contributed by atoms with van der Waals surface area (Å²) < 4.78 is 0. The minimum absolute atomic E-state index is 0. The molecule has 0 spiro atoms. The van der Waals surface area contributed by atoms with E-state index in [-0.39, 0.29) is 24.4 Å². The lowest BCUT2D eigenvalue weighted by Crippen LogP contribution is -2.42. The molecule has 3 nitrogen and oxygen atoms in total.